The molecule has 0 saturated carbocycles. The van der Waals surface area contributed by atoms with Gasteiger partial charge in [0.1, 0.15) is 12.1 Å². The summed E-state index contributed by atoms with van der Waals surface area (Å²) in [7, 11) is 0. The highest BCUT2D eigenvalue weighted by atomic mass is 16.1. The zero-order chi connectivity index (χ0) is 17.2. The lowest BCUT2D eigenvalue weighted by Gasteiger charge is -2.33. The minimum Gasteiger partial charge on any atom is -0.356 e. The van der Waals surface area contributed by atoms with E-state index in [-0.39, 0.29) is 5.56 Å². The van der Waals surface area contributed by atoms with Crippen LogP contribution in [0.1, 0.15) is 18.5 Å². The number of fused-ring (bicyclic) bond motifs is 1. The molecule has 1 fully saturated rings. The first-order valence-corrected chi connectivity index (χ1v) is 8.56. The molecule has 0 amide bonds. The average molecular weight is 336 g/mol. The van der Waals surface area contributed by atoms with Crippen LogP contribution < -0.4 is 10.5 Å². The number of rotatable bonds is 3. The van der Waals surface area contributed by atoms with E-state index in [1.807, 2.05) is 19.1 Å². The Bertz CT molecular complexity index is 940. The van der Waals surface area contributed by atoms with Crippen LogP contribution in [0.3, 0.4) is 0 Å². The summed E-state index contributed by atoms with van der Waals surface area (Å²) < 4.78 is 1.60. The van der Waals surface area contributed by atoms with Crippen molar-refractivity contribution in [2.24, 2.45) is 5.92 Å². The molecule has 0 aliphatic carbocycles. The summed E-state index contributed by atoms with van der Waals surface area (Å²) in [5.74, 6) is 1.40. The first-order valence-electron chi connectivity index (χ1n) is 8.56. The summed E-state index contributed by atoms with van der Waals surface area (Å²) in [6.45, 7) is 4.41. The summed E-state index contributed by atoms with van der Waals surface area (Å²) in [5.41, 5.74) is 1.57. The summed E-state index contributed by atoms with van der Waals surface area (Å²) in [4.78, 5) is 27.2. The number of hydrogen-bond donors (Lipinski definition) is 0. The quantitative estimate of drug-likeness (QED) is 0.726. The van der Waals surface area contributed by atoms with Crippen LogP contribution in [0.4, 0.5) is 5.82 Å². The van der Waals surface area contributed by atoms with E-state index in [0.717, 1.165) is 48.5 Å². The highest BCUT2D eigenvalue weighted by Crippen LogP contribution is 2.26. The Morgan fingerprint density at radius 3 is 2.80 bits per heavy atom. The van der Waals surface area contributed by atoms with Gasteiger partial charge in [0, 0.05) is 31.9 Å². The van der Waals surface area contributed by atoms with Crippen LogP contribution in [0.15, 0.2) is 41.6 Å². The van der Waals surface area contributed by atoms with Gasteiger partial charge >= 0.3 is 0 Å². The van der Waals surface area contributed by atoms with Crippen LogP contribution in [0.5, 0.6) is 0 Å². The lowest BCUT2D eigenvalue weighted by Crippen LogP contribution is -2.37. The number of anilines is 1. The highest BCUT2D eigenvalue weighted by molar-refractivity contribution is 5.86. The van der Waals surface area contributed by atoms with Crippen molar-refractivity contribution in [3.8, 4) is 0 Å². The molecule has 1 aliphatic rings. The number of aromatic nitrogens is 5. The smallest absolute Gasteiger partial charge is 0.266 e. The highest BCUT2D eigenvalue weighted by Gasteiger charge is 2.22. The standard InChI is InChI=1S/C18H20N6O/c1-13-4-5-16(25)24(22-13)11-14-6-9-23(10-7-14)18-15-3-2-8-19-17(15)20-12-21-18/h2-5,8,12,14H,6-7,9-11H2,1H3. The maximum Gasteiger partial charge on any atom is 0.266 e. The Labute approximate surface area is 145 Å². The molecule has 1 saturated heterocycles. The van der Waals surface area contributed by atoms with E-state index in [1.54, 1.807) is 29.3 Å². The van der Waals surface area contributed by atoms with Crippen LogP contribution in [0.2, 0.25) is 0 Å². The number of hydrogen-bond acceptors (Lipinski definition) is 6. The van der Waals surface area contributed by atoms with Crippen LogP contribution in [0.25, 0.3) is 11.0 Å². The Morgan fingerprint density at radius 1 is 1.12 bits per heavy atom. The molecule has 128 valence electrons. The second kappa shape index (κ2) is 6.58. The van der Waals surface area contributed by atoms with Crippen molar-refractivity contribution < 1.29 is 0 Å². The Morgan fingerprint density at radius 2 is 1.96 bits per heavy atom. The molecule has 7 nitrogen and oxygen atoms in total. The summed E-state index contributed by atoms with van der Waals surface area (Å²) in [6, 6.07) is 7.28. The zero-order valence-corrected chi connectivity index (χ0v) is 14.2. The molecule has 0 N–H and O–H groups in total. The molecular weight excluding hydrogens is 316 g/mol. The van der Waals surface area contributed by atoms with Gasteiger partial charge in [-0.15, -0.1) is 0 Å². The fourth-order valence-corrected chi connectivity index (χ4v) is 3.39. The minimum absolute atomic E-state index is 0.0269. The molecule has 4 heterocycles. The first kappa shape index (κ1) is 15.7. The van der Waals surface area contributed by atoms with Gasteiger partial charge in [-0.3, -0.25) is 4.79 Å². The predicted molar refractivity (Wildman–Crippen MR) is 95.5 cm³/mol. The zero-order valence-electron chi connectivity index (χ0n) is 14.2. The average Bonchev–Trinajstić information content (AvgIpc) is 2.65. The largest absolute Gasteiger partial charge is 0.356 e. The van der Waals surface area contributed by atoms with Gasteiger partial charge in [0.25, 0.3) is 5.56 Å². The molecule has 0 spiro atoms. The Kier molecular flexibility index (Phi) is 4.13. The molecule has 0 unspecified atom stereocenters. The second-order valence-electron chi connectivity index (χ2n) is 6.50. The van der Waals surface area contributed by atoms with Gasteiger partial charge in [-0.05, 0) is 43.9 Å². The van der Waals surface area contributed by atoms with Gasteiger partial charge in [0.05, 0.1) is 11.1 Å². The van der Waals surface area contributed by atoms with E-state index in [4.69, 9.17) is 0 Å². The van der Waals surface area contributed by atoms with Gasteiger partial charge in [-0.25, -0.2) is 19.6 Å². The molecule has 0 atom stereocenters. The fourth-order valence-electron chi connectivity index (χ4n) is 3.39. The van der Waals surface area contributed by atoms with Gasteiger partial charge in [-0.1, -0.05) is 0 Å². The van der Waals surface area contributed by atoms with Gasteiger partial charge in [0.2, 0.25) is 0 Å². The predicted octanol–water partition coefficient (Wildman–Crippen LogP) is 1.81. The van der Waals surface area contributed by atoms with Crippen molar-refractivity contribution in [3.05, 3.63) is 52.8 Å². The maximum atomic E-state index is 11.9. The third-order valence-corrected chi connectivity index (χ3v) is 4.73. The summed E-state index contributed by atoms with van der Waals surface area (Å²) >= 11 is 0. The van der Waals surface area contributed by atoms with E-state index in [0.29, 0.717) is 12.5 Å². The molecular formula is C18H20N6O. The molecule has 3 aromatic rings. The topological polar surface area (TPSA) is 76.8 Å². The van der Waals surface area contributed by atoms with Crippen molar-refractivity contribution in [3.63, 3.8) is 0 Å². The van der Waals surface area contributed by atoms with E-state index < -0.39 is 0 Å². The lowest BCUT2D eigenvalue weighted by atomic mass is 9.96. The summed E-state index contributed by atoms with van der Waals surface area (Å²) in [6.07, 6.45) is 5.34. The van der Waals surface area contributed by atoms with Crippen LogP contribution in [-0.4, -0.2) is 37.8 Å². The Balaban J connectivity index is 1.48. The molecule has 7 heteroatoms. The molecule has 4 rings (SSSR count). The number of pyridine rings is 1. The molecule has 0 radical (unpaired) electrons. The lowest BCUT2D eigenvalue weighted by molar-refractivity contribution is 0.333. The molecule has 0 aromatic carbocycles. The van der Waals surface area contributed by atoms with Gasteiger partial charge in [-0.2, -0.15) is 5.10 Å². The normalized spacial score (nSPS) is 15.6. The molecule has 3 aromatic heterocycles. The van der Waals surface area contributed by atoms with E-state index >= 15 is 0 Å². The van der Waals surface area contributed by atoms with Crippen molar-refractivity contribution >= 4 is 16.9 Å². The van der Waals surface area contributed by atoms with E-state index in [2.05, 4.69) is 25.0 Å². The maximum absolute atomic E-state index is 11.9. The van der Waals surface area contributed by atoms with Crippen LogP contribution in [0, 0.1) is 12.8 Å². The van der Waals surface area contributed by atoms with Crippen LogP contribution >= 0.6 is 0 Å². The summed E-state index contributed by atoms with van der Waals surface area (Å²) in [5, 5.41) is 5.33. The number of nitrogens with zero attached hydrogens (tertiary/aromatic N) is 6. The molecule has 1 aliphatic heterocycles. The van der Waals surface area contributed by atoms with Gasteiger partial charge < -0.3 is 4.90 Å². The fraction of sp³-hybridized carbons (Fsp3) is 0.389. The molecule has 0 bridgehead atoms. The monoisotopic (exact) mass is 336 g/mol. The minimum atomic E-state index is -0.0269. The van der Waals surface area contributed by atoms with Crippen molar-refractivity contribution in [1.82, 2.24) is 24.7 Å². The Hall–Kier alpha value is -2.83. The number of aryl methyl sites for hydroxylation is 1. The third-order valence-electron chi connectivity index (χ3n) is 4.73. The SMILES string of the molecule is Cc1ccc(=O)n(CC2CCN(c3ncnc4ncccc34)CC2)n1. The van der Waals surface area contributed by atoms with Crippen LogP contribution in [-0.2, 0) is 6.54 Å². The van der Waals surface area contributed by atoms with Crippen molar-refractivity contribution in [2.45, 2.75) is 26.3 Å². The number of piperidine rings is 1. The van der Waals surface area contributed by atoms with E-state index in [9.17, 15) is 4.79 Å². The van der Waals surface area contributed by atoms with Crippen molar-refractivity contribution in [2.75, 3.05) is 18.0 Å². The van der Waals surface area contributed by atoms with E-state index in [1.165, 1.54) is 0 Å². The first-order chi connectivity index (χ1) is 12.2. The molecule has 25 heavy (non-hydrogen) atoms. The van der Waals surface area contributed by atoms with Crippen molar-refractivity contribution in [1.29, 1.82) is 0 Å². The van der Waals surface area contributed by atoms with Gasteiger partial charge in [0.15, 0.2) is 5.65 Å². The third kappa shape index (κ3) is 3.22. The second-order valence-corrected chi connectivity index (χ2v) is 6.50.